The molecule has 0 bridgehead atoms. The first-order chi connectivity index (χ1) is 7.73. The molecule has 1 aliphatic rings. The summed E-state index contributed by atoms with van der Waals surface area (Å²) in [5, 5.41) is 0. The van der Waals surface area contributed by atoms with Crippen LogP contribution in [-0.4, -0.2) is 24.5 Å². The summed E-state index contributed by atoms with van der Waals surface area (Å²) in [6, 6.07) is 5.67. The highest BCUT2D eigenvalue weighted by atomic mass is 16.5. The number of aldehydes is 1. The summed E-state index contributed by atoms with van der Waals surface area (Å²) in [7, 11) is 0. The van der Waals surface area contributed by atoms with Crippen molar-refractivity contribution in [1.29, 1.82) is 0 Å². The molecule has 0 unspecified atom stereocenters. The standard InChI is InChI=1S/C12H11NO3/c1-8-13-10-4-9(2-3-11(10)16-8)12(5-14)6-15-7-12/h2-5H,6-7H2,1H3. The first-order valence-electron chi connectivity index (χ1n) is 5.15. The Hall–Kier alpha value is -1.68. The molecule has 3 rings (SSSR count). The number of hydrogen-bond donors (Lipinski definition) is 0. The molecule has 0 atom stereocenters. The number of oxazole rings is 1. The highest BCUT2D eigenvalue weighted by Gasteiger charge is 2.40. The van der Waals surface area contributed by atoms with Crippen LogP contribution in [0.2, 0.25) is 0 Å². The second-order valence-electron chi connectivity index (χ2n) is 4.18. The monoisotopic (exact) mass is 217 g/mol. The molecule has 82 valence electrons. The van der Waals surface area contributed by atoms with Crippen molar-refractivity contribution in [3.8, 4) is 0 Å². The van der Waals surface area contributed by atoms with E-state index in [1.807, 2.05) is 25.1 Å². The van der Waals surface area contributed by atoms with Gasteiger partial charge in [0.15, 0.2) is 11.5 Å². The molecule has 4 nitrogen and oxygen atoms in total. The van der Waals surface area contributed by atoms with E-state index >= 15 is 0 Å². The number of aryl methyl sites for hydroxylation is 1. The summed E-state index contributed by atoms with van der Waals surface area (Å²) in [6.45, 7) is 2.72. The minimum atomic E-state index is -0.471. The van der Waals surface area contributed by atoms with E-state index in [1.54, 1.807) is 0 Å². The van der Waals surface area contributed by atoms with Crippen LogP contribution in [0, 0.1) is 6.92 Å². The second-order valence-corrected chi connectivity index (χ2v) is 4.18. The van der Waals surface area contributed by atoms with Crippen LogP contribution >= 0.6 is 0 Å². The Morgan fingerprint density at radius 1 is 1.44 bits per heavy atom. The lowest BCUT2D eigenvalue weighted by Gasteiger charge is -2.36. The van der Waals surface area contributed by atoms with Gasteiger partial charge in [-0.2, -0.15) is 0 Å². The average Bonchev–Trinajstić information content (AvgIpc) is 2.56. The van der Waals surface area contributed by atoms with E-state index in [0.29, 0.717) is 19.1 Å². The third-order valence-electron chi connectivity index (χ3n) is 3.01. The number of carbonyl (C=O) groups excluding carboxylic acids is 1. The molecule has 16 heavy (non-hydrogen) atoms. The van der Waals surface area contributed by atoms with Gasteiger partial charge in [0, 0.05) is 6.92 Å². The molecule has 0 radical (unpaired) electrons. The Morgan fingerprint density at radius 2 is 2.25 bits per heavy atom. The number of rotatable bonds is 2. The largest absolute Gasteiger partial charge is 0.441 e. The first kappa shape index (κ1) is 9.54. The molecule has 0 N–H and O–H groups in total. The lowest BCUT2D eigenvalue weighted by molar-refractivity contribution is -0.129. The maximum absolute atomic E-state index is 11.1. The van der Waals surface area contributed by atoms with Gasteiger partial charge in [-0.05, 0) is 17.7 Å². The zero-order valence-corrected chi connectivity index (χ0v) is 8.90. The minimum absolute atomic E-state index is 0.457. The lowest BCUT2D eigenvalue weighted by Crippen LogP contribution is -2.48. The summed E-state index contributed by atoms with van der Waals surface area (Å²) in [4.78, 5) is 15.4. The third-order valence-corrected chi connectivity index (χ3v) is 3.01. The predicted octanol–water partition coefficient (Wildman–Crippen LogP) is 1.60. The van der Waals surface area contributed by atoms with Gasteiger partial charge in [0.05, 0.1) is 18.6 Å². The fraction of sp³-hybridized carbons (Fsp3) is 0.333. The third kappa shape index (κ3) is 1.20. The van der Waals surface area contributed by atoms with Crippen molar-refractivity contribution in [2.24, 2.45) is 0 Å². The molecule has 2 aromatic rings. The van der Waals surface area contributed by atoms with Gasteiger partial charge < -0.3 is 13.9 Å². The molecule has 1 saturated heterocycles. The molecule has 1 aromatic carbocycles. The van der Waals surface area contributed by atoms with Crippen molar-refractivity contribution in [3.05, 3.63) is 29.7 Å². The highest BCUT2D eigenvalue weighted by Crippen LogP contribution is 2.32. The fourth-order valence-electron chi connectivity index (χ4n) is 1.98. The number of fused-ring (bicyclic) bond motifs is 1. The highest BCUT2D eigenvalue weighted by molar-refractivity contribution is 5.78. The summed E-state index contributed by atoms with van der Waals surface area (Å²) < 4.78 is 10.5. The smallest absolute Gasteiger partial charge is 0.192 e. The SMILES string of the molecule is Cc1nc2cc(C3(C=O)COC3)ccc2o1. The van der Waals surface area contributed by atoms with Crippen LogP contribution in [0.1, 0.15) is 11.5 Å². The molecule has 1 aromatic heterocycles. The summed E-state index contributed by atoms with van der Waals surface area (Å²) in [6.07, 6.45) is 0.963. The van der Waals surface area contributed by atoms with E-state index in [0.717, 1.165) is 22.9 Å². The molecule has 4 heteroatoms. The van der Waals surface area contributed by atoms with Gasteiger partial charge in [0.25, 0.3) is 0 Å². The number of benzene rings is 1. The van der Waals surface area contributed by atoms with Crippen LogP contribution in [-0.2, 0) is 14.9 Å². The zero-order chi connectivity index (χ0) is 11.2. The van der Waals surface area contributed by atoms with Crippen molar-refractivity contribution in [1.82, 2.24) is 4.98 Å². The maximum Gasteiger partial charge on any atom is 0.192 e. The van der Waals surface area contributed by atoms with Crippen molar-refractivity contribution in [2.75, 3.05) is 13.2 Å². The van der Waals surface area contributed by atoms with E-state index < -0.39 is 5.41 Å². The van der Waals surface area contributed by atoms with Gasteiger partial charge in [-0.3, -0.25) is 0 Å². The Bertz CT molecular complexity index is 554. The van der Waals surface area contributed by atoms with Crippen molar-refractivity contribution in [3.63, 3.8) is 0 Å². The van der Waals surface area contributed by atoms with E-state index in [4.69, 9.17) is 9.15 Å². The summed E-state index contributed by atoms with van der Waals surface area (Å²) in [5.41, 5.74) is 2.03. The molecule has 1 aliphatic heterocycles. The topological polar surface area (TPSA) is 52.3 Å². The number of ether oxygens (including phenoxy) is 1. The fourth-order valence-corrected chi connectivity index (χ4v) is 1.98. The lowest BCUT2D eigenvalue weighted by atomic mass is 9.80. The number of carbonyl (C=O) groups is 1. The first-order valence-corrected chi connectivity index (χ1v) is 5.15. The minimum Gasteiger partial charge on any atom is -0.441 e. The van der Waals surface area contributed by atoms with Crippen molar-refractivity contribution >= 4 is 17.4 Å². The van der Waals surface area contributed by atoms with Crippen LogP contribution in [0.15, 0.2) is 22.6 Å². The second kappa shape index (κ2) is 3.15. The quantitative estimate of drug-likeness (QED) is 0.717. The maximum atomic E-state index is 11.1. The van der Waals surface area contributed by atoms with Crippen LogP contribution < -0.4 is 0 Å². The number of aromatic nitrogens is 1. The molecular weight excluding hydrogens is 206 g/mol. The molecule has 0 amide bonds. The van der Waals surface area contributed by atoms with E-state index in [9.17, 15) is 4.79 Å². The normalized spacial score (nSPS) is 18.3. The van der Waals surface area contributed by atoms with Crippen molar-refractivity contribution < 1.29 is 13.9 Å². The number of nitrogens with zero attached hydrogens (tertiary/aromatic N) is 1. The van der Waals surface area contributed by atoms with E-state index in [-0.39, 0.29) is 0 Å². The molecule has 2 heterocycles. The molecule has 0 aliphatic carbocycles. The molecule has 1 fully saturated rings. The van der Waals surface area contributed by atoms with Crippen LogP contribution in [0.25, 0.3) is 11.1 Å². The van der Waals surface area contributed by atoms with Gasteiger partial charge in [-0.15, -0.1) is 0 Å². The van der Waals surface area contributed by atoms with Crippen molar-refractivity contribution in [2.45, 2.75) is 12.3 Å². The van der Waals surface area contributed by atoms with Gasteiger partial charge in [-0.1, -0.05) is 6.07 Å². The number of hydrogen-bond acceptors (Lipinski definition) is 4. The van der Waals surface area contributed by atoms with E-state index in [1.165, 1.54) is 0 Å². The van der Waals surface area contributed by atoms with Crippen LogP contribution in [0.4, 0.5) is 0 Å². The van der Waals surface area contributed by atoms with Gasteiger partial charge in [-0.25, -0.2) is 4.98 Å². The van der Waals surface area contributed by atoms with Crippen LogP contribution in [0.3, 0.4) is 0 Å². The zero-order valence-electron chi connectivity index (χ0n) is 8.90. The Labute approximate surface area is 92.2 Å². The molecule has 0 saturated carbocycles. The summed E-state index contributed by atoms with van der Waals surface area (Å²) >= 11 is 0. The van der Waals surface area contributed by atoms with Gasteiger partial charge in [0.2, 0.25) is 0 Å². The predicted molar refractivity (Wildman–Crippen MR) is 57.3 cm³/mol. The van der Waals surface area contributed by atoms with Crippen LogP contribution in [0.5, 0.6) is 0 Å². The summed E-state index contributed by atoms with van der Waals surface area (Å²) in [5.74, 6) is 0.636. The van der Waals surface area contributed by atoms with Gasteiger partial charge in [0.1, 0.15) is 11.8 Å². The van der Waals surface area contributed by atoms with E-state index in [2.05, 4.69) is 4.98 Å². The average molecular weight is 217 g/mol. The Morgan fingerprint density at radius 3 is 2.88 bits per heavy atom. The van der Waals surface area contributed by atoms with Gasteiger partial charge >= 0.3 is 0 Å². The molecular formula is C12H11NO3. The Balaban J connectivity index is 2.13. The Kier molecular flexibility index (Phi) is 1.88. The molecule has 0 spiro atoms.